The van der Waals surface area contributed by atoms with Crippen LogP contribution in [0.1, 0.15) is 23.7 Å². The van der Waals surface area contributed by atoms with Crippen LogP contribution in [-0.2, 0) is 6.54 Å². The summed E-state index contributed by atoms with van der Waals surface area (Å²) in [4.78, 5) is 0. The predicted octanol–water partition coefficient (Wildman–Crippen LogP) is 3.97. The Labute approximate surface area is 121 Å². The van der Waals surface area contributed by atoms with Crippen molar-refractivity contribution >= 4 is 21.6 Å². The lowest BCUT2D eigenvalue weighted by atomic mass is 10.1. The summed E-state index contributed by atoms with van der Waals surface area (Å²) in [6, 6.07) is 3.97. The first kappa shape index (κ1) is 13.9. The van der Waals surface area contributed by atoms with Crippen molar-refractivity contribution < 1.29 is 4.74 Å². The molecule has 1 aromatic carbocycles. The van der Waals surface area contributed by atoms with Crippen LogP contribution in [0.2, 0.25) is 0 Å². The Balaban J connectivity index is 2.41. The van der Waals surface area contributed by atoms with Crippen molar-refractivity contribution in [1.82, 2.24) is 9.78 Å². The smallest absolute Gasteiger partial charge is 0.241 e. The highest BCUT2D eigenvalue weighted by Crippen LogP contribution is 2.33. The molecule has 1 aromatic heterocycles. The van der Waals surface area contributed by atoms with Gasteiger partial charge in [0.1, 0.15) is 11.4 Å². The van der Waals surface area contributed by atoms with Crippen LogP contribution >= 0.6 is 15.9 Å². The molecule has 1 heterocycles. The molecule has 0 saturated carbocycles. The number of nitrogens with two attached hydrogens (primary N) is 1. The lowest BCUT2D eigenvalue weighted by Crippen LogP contribution is -2.01. The predicted molar refractivity (Wildman–Crippen MR) is 80.7 cm³/mol. The molecule has 5 heteroatoms. The van der Waals surface area contributed by atoms with E-state index in [1.165, 1.54) is 0 Å². The number of halogens is 1. The first-order chi connectivity index (χ1) is 8.93. The van der Waals surface area contributed by atoms with Gasteiger partial charge in [0.15, 0.2) is 0 Å². The number of aromatic nitrogens is 2. The van der Waals surface area contributed by atoms with Gasteiger partial charge in [-0.3, -0.25) is 0 Å². The molecule has 0 amide bonds. The summed E-state index contributed by atoms with van der Waals surface area (Å²) in [5.74, 6) is 1.39. The van der Waals surface area contributed by atoms with Crippen LogP contribution in [0.15, 0.2) is 16.6 Å². The molecule has 0 unspecified atom stereocenters. The Hall–Kier alpha value is -1.49. The zero-order chi connectivity index (χ0) is 14.2. The van der Waals surface area contributed by atoms with Crippen LogP contribution in [-0.4, -0.2) is 9.78 Å². The second kappa shape index (κ2) is 5.25. The number of anilines is 1. The van der Waals surface area contributed by atoms with Gasteiger partial charge in [-0.2, -0.15) is 5.10 Å². The second-order valence-electron chi connectivity index (χ2n) is 4.59. The van der Waals surface area contributed by atoms with Crippen LogP contribution in [0.3, 0.4) is 0 Å². The number of aryl methyl sites for hydroxylation is 4. The third-order valence-corrected chi connectivity index (χ3v) is 4.30. The molecule has 0 saturated heterocycles. The van der Waals surface area contributed by atoms with Gasteiger partial charge in [0.25, 0.3) is 0 Å². The molecular weight excluding hydrogens is 306 g/mol. The molecule has 0 bridgehead atoms. The van der Waals surface area contributed by atoms with Crippen LogP contribution < -0.4 is 10.5 Å². The molecule has 0 aliphatic carbocycles. The minimum atomic E-state index is 0.597. The minimum Gasteiger partial charge on any atom is -0.437 e. The summed E-state index contributed by atoms with van der Waals surface area (Å²) in [7, 11) is 0. The molecule has 2 N–H and O–H groups in total. The van der Waals surface area contributed by atoms with E-state index in [-0.39, 0.29) is 0 Å². The van der Waals surface area contributed by atoms with E-state index >= 15 is 0 Å². The van der Waals surface area contributed by atoms with E-state index in [1.54, 1.807) is 4.68 Å². The van der Waals surface area contributed by atoms with Crippen molar-refractivity contribution in [2.75, 3.05) is 5.73 Å². The maximum absolute atomic E-state index is 6.02. The molecule has 4 nitrogen and oxygen atoms in total. The maximum atomic E-state index is 6.02. The average molecular weight is 324 g/mol. The van der Waals surface area contributed by atoms with Gasteiger partial charge in [0, 0.05) is 11.0 Å². The summed E-state index contributed by atoms with van der Waals surface area (Å²) in [6.45, 7) is 8.69. The van der Waals surface area contributed by atoms with Crippen molar-refractivity contribution in [2.45, 2.75) is 34.2 Å². The lowest BCUT2D eigenvalue weighted by Gasteiger charge is -2.11. The number of hydrogen-bond acceptors (Lipinski definition) is 3. The average Bonchev–Trinajstić information content (AvgIpc) is 2.63. The van der Waals surface area contributed by atoms with E-state index in [0.717, 1.165) is 33.6 Å². The first-order valence-corrected chi connectivity index (χ1v) is 7.00. The molecule has 0 aliphatic heterocycles. The molecule has 0 atom stereocenters. The molecule has 19 heavy (non-hydrogen) atoms. The molecule has 0 aliphatic rings. The Morgan fingerprint density at radius 2 is 1.84 bits per heavy atom. The van der Waals surface area contributed by atoms with E-state index in [4.69, 9.17) is 10.5 Å². The normalized spacial score (nSPS) is 10.8. The SMILES string of the molecule is CCn1nc(C)c(N)c1Oc1cc(C)c(Br)c(C)c1. The number of ether oxygens (including phenoxy) is 1. The molecule has 0 spiro atoms. The molecular formula is C14H18BrN3O. The number of nitrogens with zero attached hydrogens (tertiary/aromatic N) is 2. The van der Waals surface area contributed by atoms with Gasteiger partial charge in [-0.05, 0) is 51.0 Å². The van der Waals surface area contributed by atoms with Gasteiger partial charge in [-0.1, -0.05) is 15.9 Å². The standard InChI is InChI=1S/C14H18BrN3O/c1-5-18-14(13(16)10(4)17-18)19-11-6-8(2)12(15)9(3)7-11/h6-7H,5,16H2,1-4H3. The topological polar surface area (TPSA) is 53.1 Å². The Kier molecular flexibility index (Phi) is 3.85. The third-order valence-electron chi connectivity index (χ3n) is 3.05. The molecule has 2 aromatic rings. The quantitative estimate of drug-likeness (QED) is 0.929. The van der Waals surface area contributed by atoms with Gasteiger partial charge in [-0.15, -0.1) is 0 Å². The van der Waals surface area contributed by atoms with Crippen LogP contribution in [0.4, 0.5) is 5.69 Å². The van der Waals surface area contributed by atoms with E-state index in [0.29, 0.717) is 11.6 Å². The van der Waals surface area contributed by atoms with Gasteiger partial charge >= 0.3 is 0 Å². The number of hydrogen-bond donors (Lipinski definition) is 1. The van der Waals surface area contributed by atoms with E-state index < -0.39 is 0 Å². The van der Waals surface area contributed by atoms with E-state index in [9.17, 15) is 0 Å². The summed E-state index contributed by atoms with van der Waals surface area (Å²) < 4.78 is 8.80. The van der Waals surface area contributed by atoms with Crippen molar-refractivity contribution in [3.63, 3.8) is 0 Å². The van der Waals surface area contributed by atoms with Crippen LogP contribution in [0, 0.1) is 20.8 Å². The van der Waals surface area contributed by atoms with Gasteiger partial charge in [0.05, 0.1) is 5.69 Å². The van der Waals surface area contributed by atoms with Crippen molar-refractivity contribution in [2.24, 2.45) is 0 Å². The maximum Gasteiger partial charge on any atom is 0.241 e. The fourth-order valence-electron chi connectivity index (χ4n) is 1.97. The molecule has 0 fully saturated rings. The van der Waals surface area contributed by atoms with E-state index in [1.807, 2.05) is 39.8 Å². The first-order valence-electron chi connectivity index (χ1n) is 6.21. The monoisotopic (exact) mass is 323 g/mol. The fraction of sp³-hybridized carbons (Fsp3) is 0.357. The highest BCUT2D eigenvalue weighted by Gasteiger charge is 2.14. The van der Waals surface area contributed by atoms with Crippen molar-refractivity contribution in [1.29, 1.82) is 0 Å². The highest BCUT2D eigenvalue weighted by atomic mass is 79.9. The van der Waals surface area contributed by atoms with Gasteiger partial charge in [0.2, 0.25) is 5.88 Å². The minimum absolute atomic E-state index is 0.597. The number of benzene rings is 1. The summed E-state index contributed by atoms with van der Waals surface area (Å²) in [5.41, 5.74) is 9.67. The van der Waals surface area contributed by atoms with Crippen molar-refractivity contribution in [3.8, 4) is 11.6 Å². The largest absolute Gasteiger partial charge is 0.437 e. The Morgan fingerprint density at radius 3 is 2.37 bits per heavy atom. The molecule has 0 radical (unpaired) electrons. The second-order valence-corrected chi connectivity index (χ2v) is 5.39. The number of nitrogen functional groups attached to an aromatic ring is 1. The summed E-state index contributed by atoms with van der Waals surface area (Å²) >= 11 is 3.55. The highest BCUT2D eigenvalue weighted by molar-refractivity contribution is 9.10. The lowest BCUT2D eigenvalue weighted by molar-refractivity contribution is 0.418. The zero-order valence-electron chi connectivity index (χ0n) is 11.6. The van der Waals surface area contributed by atoms with E-state index in [2.05, 4.69) is 21.0 Å². The summed E-state index contributed by atoms with van der Waals surface area (Å²) in [5, 5.41) is 4.34. The summed E-state index contributed by atoms with van der Waals surface area (Å²) in [6.07, 6.45) is 0. The Bertz CT molecular complexity index is 596. The third kappa shape index (κ3) is 2.61. The molecule has 102 valence electrons. The molecule has 2 rings (SSSR count). The number of rotatable bonds is 3. The Morgan fingerprint density at radius 1 is 1.26 bits per heavy atom. The van der Waals surface area contributed by atoms with Crippen LogP contribution in [0.5, 0.6) is 11.6 Å². The fourth-order valence-corrected chi connectivity index (χ4v) is 2.20. The van der Waals surface area contributed by atoms with Gasteiger partial charge in [-0.25, -0.2) is 4.68 Å². The zero-order valence-corrected chi connectivity index (χ0v) is 13.2. The van der Waals surface area contributed by atoms with Crippen LogP contribution in [0.25, 0.3) is 0 Å². The van der Waals surface area contributed by atoms with Crippen molar-refractivity contribution in [3.05, 3.63) is 33.4 Å². The van der Waals surface area contributed by atoms with Gasteiger partial charge < -0.3 is 10.5 Å².